The van der Waals surface area contributed by atoms with Crippen molar-refractivity contribution in [2.45, 2.75) is 32.4 Å². The third-order valence-electron chi connectivity index (χ3n) is 2.38. The molecule has 3 N–H and O–H groups in total. The number of hydrogen-bond donors (Lipinski definition) is 3. The number of nitrogens with one attached hydrogen (secondary N) is 1. The summed E-state index contributed by atoms with van der Waals surface area (Å²) in [6.07, 6.45) is 1.85. The number of hydrogen-bond acceptors (Lipinski definition) is 4. The van der Waals surface area contributed by atoms with E-state index in [2.05, 4.69) is 5.32 Å². The number of aromatic carboxylic acids is 1. The average molecular weight is 227 g/mol. The topological polar surface area (TPSA) is 82.7 Å². The second-order valence-electron chi connectivity index (χ2n) is 4.32. The molecular formula is C11H17NO4. The van der Waals surface area contributed by atoms with Gasteiger partial charge in [-0.1, -0.05) is 0 Å². The summed E-state index contributed by atoms with van der Waals surface area (Å²) >= 11 is 0. The van der Waals surface area contributed by atoms with Gasteiger partial charge in [0.05, 0.1) is 12.1 Å². The molecule has 0 aliphatic rings. The molecule has 0 amide bonds. The first-order valence-electron chi connectivity index (χ1n) is 5.11. The molecule has 16 heavy (non-hydrogen) atoms. The smallest absolute Gasteiger partial charge is 0.338 e. The Kier molecular flexibility index (Phi) is 4.09. The van der Waals surface area contributed by atoms with Gasteiger partial charge in [-0.15, -0.1) is 0 Å². The number of rotatable bonds is 6. The largest absolute Gasteiger partial charge is 0.478 e. The minimum absolute atomic E-state index is 0.110. The molecule has 0 radical (unpaired) electrons. The summed E-state index contributed by atoms with van der Waals surface area (Å²) in [5, 5.41) is 20.7. The van der Waals surface area contributed by atoms with Gasteiger partial charge >= 0.3 is 5.97 Å². The number of aliphatic hydroxyl groups excluding tert-OH is 1. The lowest BCUT2D eigenvalue weighted by Gasteiger charge is -2.24. The third kappa shape index (κ3) is 3.67. The summed E-state index contributed by atoms with van der Waals surface area (Å²) in [6.45, 7) is 4.48. The van der Waals surface area contributed by atoms with Crippen molar-refractivity contribution < 1.29 is 19.4 Å². The molecule has 0 spiro atoms. The van der Waals surface area contributed by atoms with E-state index < -0.39 is 5.97 Å². The molecule has 1 aromatic heterocycles. The second kappa shape index (κ2) is 5.14. The van der Waals surface area contributed by atoms with Crippen molar-refractivity contribution >= 4 is 5.97 Å². The molecule has 0 fully saturated rings. The SMILES string of the molecule is CC(C)(CCO)NCc1cc(C(=O)O)co1. The van der Waals surface area contributed by atoms with Crippen LogP contribution >= 0.6 is 0 Å². The highest BCUT2D eigenvalue weighted by Crippen LogP contribution is 2.12. The van der Waals surface area contributed by atoms with Gasteiger partial charge in [0, 0.05) is 12.1 Å². The van der Waals surface area contributed by atoms with Gasteiger partial charge in [-0.2, -0.15) is 0 Å². The first-order chi connectivity index (χ1) is 7.44. The molecule has 1 aromatic rings. The number of carbonyl (C=O) groups is 1. The van der Waals surface area contributed by atoms with E-state index in [4.69, 9.17) is 14.6 Å². The maximum atomic E-state index is 10.6. The zero-order valence-electron chi connectivity index (χ0n) is 9.49. The maximum absolute atomic E-state index is 10.6. The van der Waals surface area contributed by atoms with Crippen LogP contribution < -0.4 is 5.32 Å². The van der Waals surface area contributed by atoms with Crippen LogP contribution in [0.15, 0.2) is 16.7 Å². The van der Waals surface area contributed by atoms with Crippen molar-refractivity contribution in [2.24, 2.45) is 0 Å². The third-order valence-corrected chi connectivity index (χ3v) is 2.38. The fraction of sp³-hybridized carbons (Fsp3) is 0.545. The van der Waals surface area contributed by atoms with Gasteiger partial charge in [0.1, 0.15) is 12.0 Å². The molecule has 0 aromatic carbocycles. The Labute approximate surface area is 94.1 Å². The molecule has 0 saturated heterocycles. The van der Waals surface area contributed by atoms with Gasteiger partial charge in [-0.05, 0) is 26.3 Å². The van der Waals surface area contributed by atoms with Crippen LogP contribution in [0, 0.1) is 0 Å². The van der Waals surface area contributed by atoms with Gasteiger partial charge in [-0.3, -0.25) is 0 Å². The van der Waals surface area contributed by atoms with E-state index in [9.17, 15) is 4.79 Å². The van der Waals surface area contributed by atoms with Gasteiger partial charge < -0.3 is 19.9 Å². The van der Waals surface area contributed by atoms with E-state index in [1.807, 2.05) is 13.8 Å². The fourth-order valence-corrected chi connectivity index (χ4v) is 1.28. The van der Waals surface area contributed by atoms with Crippen molar-refractivity contribution in [3.8, 4) is 0 Å². The van der Waals surface area contributed by atoms with Crippen molar-refractivity contribution in [3.63, 3.8) is 0 Å². The summed E-state index contributed by atoms with van der Waals surface area (Å²) in [7, 11) is 0. The molecule has 90 valence electrons. The molecule has 0 atom stereocenters. The van der Waals surface area contributed by atoms with Gasteiger partial charge in [0.25, 0.3) is 0 Å². The average Bonchev–Trinajstić information content (AvgIpc) is 2.63. The lowest BCUT2D eigenvalue weighted by molar-refractivity contribution is 0.0696. The molecule has 0 saturated carbocycles. The quantitative estimate of drug-likeness (QED) is 0.680. The van der Waals surface area contributed by atoms with Crippen LogP contribution in [0.5, 0.6) is 0 Å². The summed E-state index contributed by atoms with van der Waals surface area (Å²) in [5.74, 6) is -0.423. The normalized spacial score (nSPS) is 11.7. The van der Waals surface area contributed by atoms with Crippen LogP contribution in [0.1, 0.15) is 36.4 Å². The van der Waals surface area contributed by atoms with E-state index in [0.717, 1.165) is 0 Å². The number of aliphatic hydroxyl groups is 1. The highest BCUT2D eigenvalue weighted by atomic mass is 16.4. The molecule has 5 nitrogen and oxygen atoms in total. The lowest BCUT2D eigenvalue weighted by Crippen LogP contribution is -2.39. The number of carboxylic acid groups (broad SMARTS) is 1. The molecule has 5 heteroatoms. The molecule has 1 heterocycles. The second-order valence-corrected chi connectivity index (χ2v) is 4.32. The molecule has 0 unspecified atom stereocenters. The van der Waals surface area contributed by atoms with Gasteiger partial charge in [0.2, 0.25) is 0 Å². The van der Waals surface area contributed by atoms with E-state index in [0.29, 0.717) is 18.7 Å². The monoisotopic (exact) mass is 227 g/mol. The van der Waals surface area contributed by atoms with E-state index in [1.54, 1.807) is 0 Å². The minimum atomic E-state index is -0.996. The molecule has 0 aliphatic heterocycles. The highest BCUT2D eigenvalue weighted by molar-refractivity contribution is 5.87. The Balaban J connectivity index is 2.51. The highest BCUT2D eigenvalue weighted by Gasteiger charge is 2.17. The summed E-state index contributed by atoms with van der Waals surface area (Å²) < 4.78 is 5.09. The fourth-order valence-electron chi connectivity index (χ4n) is 1.28. The zero-order valence-corrected chi connectivity index (χ0v) is 9.49. The molecule has 0 aliphatic carbocycles. The van der Waals surface area contributed by atoms with Crippen LogP contribution in [0.2, 0.25) is 0 Å². The predicted octanol–water partition coefficient (Wildman–Crippen LogP) is 1.23. The first kappa shape index (κ1) is 12.7. The van der Waals surface area contributed by atoms with Gasteiger partial charge in [-0.25, -0.2) is 4.79 Å². The van der Waals surface area contributed by atoms with Crippen molar-refractivity contribution in [1.82, 2.24) is 5.32 Å². The lowest BCUT2D eigenvalue weighted by atomic mass is 10.0. The maximum Gasteiger partial charge on any atom is 0.338 e. The summed E-state index contributed by atoms with van der Waals surface area (Å²) in [4.78, 5) is 10.6. The number of furan rings is 1. The van der Waals surface area contributed by atoms with Crippen LogP contribution in [0.3, 0.4) is 0 Å². The summed E-state index contributed by atoms with van der Waals surface area (Å²) in [5.41, 5.74) is -0.0537. The summed E-state index contributed by atoms with van der Waals surface area (Å²) in [6, 6.07) is 1.49. The first-order valence-corrected chi connectivity index (χ1v) is 5.11. The van der Waals surface area contributed by atoms with E-state index >= 15 is 0 Å². The van der Waals surface area contributed by atoms with Crippen molar-refractivity contribution in [3.05, 3.63) is 23.7 Å². The Bertz CT molecular complexity index is 357. The Hall–Kier alpha value is -1.33. The van der Waals surface area contributed by atoms with E-state index in [-0.39, 0.29) is 17.7 Å². The van der Waals surface area contributed by atoms with Crippen molar-refractivity contribution in [2.75, 3.05) is 6.61 Å². The molecule has 0 bridgehead atoms. The Morgan fingerprint density at radius 1 is 1.56 bits per heavy atom. The minimum Gasteiger partial charge on any atom is -0.478 e. The zero-order chi connectivity index (χ0) is 12.2. The Morgan fingerprint density at radius 3 is 2.75 bits per heavy atom. The van der Waals surface area contributed by atoms with Crippen LogP contribution in [0.25, 0.3) is 0 Å². The standard InChI is InChI=1S/C11H17NO4/c1-11(2,3-4-13)12-6-9-5-8(7-16-9)10(14)15/h5,7,12-13H,3-4,6H2,1-2H3,(H,14,15). The predicted molar refractivity (Wildman–Crippen MR) is 58.3 cm³/mol. The van der Waals surface area contributed by atoms with Crippen LogP contribution in [-0.4, -0.2) is 28.3 Å². The van der Waals surface area contributed by atoms with Crippen LogP contribution in [0.4, 0.5) is 0 Å². The molecular weight excluding hydrogens is 210 g/mol. The van der Waals surface area contributed by atoms with Crippen molar-refractivity contribution in [1.29, 1.82) is 0 Å². The van der Waals surface area contributed by atoms with Gasteiger partial charge in [0.15, 0.2) is 0 Å². The Morgan fingerprint density at radius 2 is 2.25 bits per heavy atom. The molecule has 1 rings (SSSR count). The van der Waals surface area contributed by atoms with E-state index in [1.165, 1.54) is 12.3 Å². The van der Waals surface area contributed by atoms with Crippen LogP contribution in [-0.2, 0) is 6.54 Å². The number of carboxylic acids is 1.